The van der Waals surface area contributed by atoms with Crippen molar-refractivity contribution in [3.05, 3.63) is 95.9 Å². The molecular formula is C24H17F3N6O. The van der Waals surface area contributed by atoms with Gasteiger partial charge in [-0.2, -0.15) is 23.4 Å². The third-order valence-electron chi connectivity index (χ3n) is 5.15. The molecule has 0 atom stereocenters. The molecule has 0 unspecified atom stereocenters. The van der Waals surface area contributed by atoms with Gasteiger partial charge in [-0.3, -0.25) is 4.79 Å². The SMILES string of the molecule is Cc1cc(NC(=O)c2cnn3c(C(F)(F)F)cc(-c4ccccc4)nc23)n(-c2ccccc2)n1. The molecule has 0 bridgehead atoms. The smallest absolute Gasteiger partial charge is 0.306 e. The molecule has 0 saturated carbocycles. The number of hydrogen-bond acceptors (Lipinski definition) is 4. The molecule has 170 valence electrons. The lowest BCUT2D eigenvalue weighted by atomic mass is 10.1. The number of nitrogens with zero attached hydrogens (tertiary/aromatic N) is 5. The summed E-state index contributed by atoms with van der Waals surface area (Å²) in [6, 6.07) is 20.2. The van der Waals surface area contributed by atoms with Crippen LogP contribution in [0.2, 0.25) is 0 Å². The second-order valence-corrected chi connectivity index (χ2v) is 7.56. The Morgan fingerprint density at radius 1 is 0.971 bits per heavy atom. The molecule has 5 rings (SSSR count). The van der Waals surface area contributed by atoms with E-state index in [4.69, 9.17) is 0 Å². The van der Waals surface area contributed by atoms with Gasteiger partial charge in [-0.05, 0) is 25.1 Å². The number of aromatic nitrogens is 5. The minimum Gasteiger partial charge on any atom is -0.306 e. The van der Waals surface area contributed by atoms with Gasteiger partial charge in [0.2, 0.25) is 0 Å². The predicted molar refractivity (Wildman–Crippen MR) is 120 cm³/mol. The molecule has 5 aromatic rings. The normalized spacial score (nSPS) is 11.6. The van der Waals surface area contributed by atoms with Crippen LogP contribution in [0, 0.1) is 6.92 Å². The van der Waals surface area contributed by atoms with E-state index < -0.39 is 17.8 Å². The highest BCUT2D eigenvalue weighted by Gasteiger charge is 2.36. The van der Waals surface area contributed by atoms with Crippen LogP contribution in [0.4, 0.5) is 19.0 Å². The third kappa shape index (κ3) is 3.90. The van der Waals surface area contributed by atoms with Crippen LogP contribution in [0.3, 0.4) is 0 Å². The number of alkyl halides is 3. The molecular weight excluding hydrogens is 445 g/mol. The molecule has 0 radical (unpaired) electrons. The molecule has 0 aliphatic carbocycles. The summed E-state index contributed by atoms with van der Waals surface area (Å²) in [5, 5.41) is 10.9. The van der Waals surface area contributed by atoms with Crippen LogP contribution in [0.15, 0.2) is 79.0 Å². The van der Waals surface area contributed by atoms with E-state index in [-0.39, 0.29) is 16.9 Å². The minimum absolute atomic E-state index is 0.0835. The first-order valence-corrected chi connectivity index (χ1v) is 10.3. The van der Waals surface area contributed by atoms with E-state index in [0.29, 0.717) is 21.6 Å². The highest BCUT2D eigenvalue weighted by Crippen LogP contribution is 2.33. The Morgan fingerprint density at radius 3 is 2.32 bits per heavy atom. The van der Waals surface area contributed by atoms with E-state index >= 15 is 0 Å². The summed E-state index contributed by atoms with van der Waals surface area (Å²) in [5.41, 5.74) is 0.620. The predicted octanol–water partition coefficient (Wildman–Crippen LogP) is 5.16. The zero-order chi connectivity index (χ0) is 23.9. The highest BCUT2D eigenvalue weighted by atomic mass is 19.4. The number of carbonyl (C=O) groups excluding carboxylic acids is 1. The Labute approximate surface area is 191 Å². The van der Waals surface area contributed by atoms with E-state index in [1.54, 1.807) is 48.0 Å². The van der Waals surface area contributed by atoms with Gasteiger partial charge in [0, 0.05) is 11.6 Å². The van der Waals surface area contributed by atoms with Gasteiger partial charge in [-0.25, -0.2) is 14.2 Å². The summed E-state index contributed by atoms with van der Waals surface area (Å²) in [6.07, 6.45) is -3.62. The molecule has 0 fully saturated rings. The molecule has 0 saturated heterocycles. The van der Waals surface area contributed by atoms with Gasteiger partial charge < -0.3 is 5.32 Å². The van der Waals surface area contributed by atoms with E-state index in [0.717, 1.165) is 18.0 Å². The number of carbonyl (C=O) groups is 1. The number of nitrogens with one attached hydrogen (secondary N) is 1. The number of hydrogen-bond donors (Lipinski definition) is 1. The highest BCUT2D eigenvalue weighted by molar-refractivity contribution is 6.08. The first-order chi connectivity index (χ1) is 16.3. The van der Waals surface area contributed by atoms with Crippen LogP contribution < -0.4 is 5.32 Å². The van der Waals surface area contributed by atoms with Crippen molar-refractivity contribution in [1.29, 1.82) is 0 Å². The van der Waals surface area contributed by atoms with Crippen LogP contribution in [0.25, 0.3) is 22.6 Å². The van der Waals surface area contributed by atoms with Crippen molar-refractivity contribution >= 4 is 17.4 Å². The van der Waals surface area contributed by atoms with Gasteiger partial charge in [0.1, 0.15) is 11.4 Å². The standard InChI is InChI=1S/C24H17F3N6O/c1-15-12-21(32(31-15)17-10-6-3-7-11-17)30-23(34)18-14-28-33-20(24(25,26)27)13-19(29-22(18)33)16-8-4-2-5-9-16/h2-14H,1H3,(H,30,34). The molecule has 3 aromatic heterocycles. The number of benzene rings is 2. The number of halogens is 3. The summed E-state index contributed by atoms with van der Waals surface area (Å²) in [4.78, 5) is 17.5. The van der Waals surface area contributed by atoms with E-state index in [9.17, 15) is 18.0 Å². The first-order valence-electron chi connectivity index (χ1n) is 10.3. The van der Waals surface area contributed by atoms with Gasteiger partial charge in [0.15, 0.2) is 11.3 Å². The molecule has 1 N–H and O–H groups in total. The number of rotatable bonds is 4. The Hall–Kier alpha value is -4.47. The molecule has 34 heavy (non-hydrogen) atoms. The van der Waals surface area contributed by atoms with Crippen LogP contribution in [-0.2, 0) is 6.18 Å². The zero-order valence-electron chi connectivity index (χ0n) is 17.8. The molecule has 0 aliphatic rings. The lowest BCUT2D eigenvalue weighted by Gasteiger charge is -2.12. The number of anilines is 1. The third-order valence-corrected chi connectivity index (χ3v) is 5.15. The maximum Gasteiger partial charge on any atom is 0.433 e. The first kappa shape index (κ1) is 21.4. The van der Waals surface area contributed by atoms with Crippen molar-refractivity contribution < 1.29 is 18.0 Å². The molecule has 3 heterocycles. The summed E-state index contributed by atoms with van der Waals surface area (Å²) >= 11 is 0. The fraction of sp³-hybridized carbons (Fsp3) is 0.0833. The maximum atomic E-state index is 13.8. The van der Waals surface area contributed by atoms with Crippen molar-refractivity contribution in [3.63, 3.8) is 0 Å². The molecule has 7 nitrogen and oxygen atoms in total. The molecule has 2 aromatic carbocycles. The number of aryl methyl sites for hydroxylation is 1. The lowest BCUT2D eigenvalue weighted by molar-refractivity contribution is -0.142. The average Bonchev–Trinajstić information content (AvgIpc) is 3.42. The van der Waals surface area contributed by atoms with Crippen LogP contribution >= 0.6 is 0 Å². The Balaban J connectivity index is 1.60. The Kier molecular flexibility index (Phi) is 5.12. The minimum atomic E-state index is -4.70. The van der Waals surface area contributed by atoms with Crippen LogP contribution in [-0.4, -0.2) is 30.3 Å². The topological polar surface area (TPSA) is 77.1 Å². The average molecular weight is 462 g/mol. The van der Waals surface area contributed by atoms with Gasteiger partial charge >= 0.3 is 6.18 Å². The maximum absolute atomic E-state index is 13.8. The van der Waals surface area contributed by atoms with Crippen molar-refractivity contribution in [2.75, 3.05) is 5.32 Å². The van der Waals surface area contributed by atoms with Crippen molar-refractivity contribution in [2.45, 2.75) is 13.1 Å². The second kappa shape index (κ2) is 8.14. The Bertz CT molecular complexity index is 1490. The lowest BCUT2D eigenvalue weighted by Crippen LogP contribution is -2.17. The molecule has 0 aliphatic heterocycles. The van der Waals surface area contributed by atoms with Gasteiger partial charge in [0.25, 0.3) is 5.91 Å². The fourth-order valence-electron chi connectivity index (χ4n) is 3.62. The molecule has 10 heteroatoms. The van der Waals surface area contributed by atoms with Crippen LogP contribution in [0.5, 0.6) is 0 Å². The zero-order valence-corrected chi connectivity index (χ0v) is 17.8. The van der Waals surface area contributed by atoms with E-state index in [2.05, 4.69) is 20.5 Å². The summed E-state index contributed by atoms with van der Waals surface area (Å²) in [7, 11) is 0. The largest absolute Gasteiger partial charge is 0.433 e. The number of para-hydroxylation sites is 1. The summed E-state index contributed by atoms with van der Waals surface area (Å²) < 4.78 is 43.6. The van der Waals surface area contributed by atoms with Crippen molar-refractivity contribution in [2.24, 2.45) is 0 Å². The van der Waals surface area contributed by atoms with Gasteiger partial charge in [-0.15, -0.1) is 0 Å². The Morgan fingerprint density at radius 2 is 1.65 bits per heavy atom. The fourth-order valence-corrected chi connectivity index (χ4v) is 3.62. The second-order valence-electron chi connectivity index (χ2n) is 7.56. The summed E-state index contributed by atoms with van der Waals surface area (Å²) in [5.74, 6) is -0.291. The van der Waals surface area contributed by atoms with Gasteiger partial charge in [-0.1, -0.05) is 48.5 Å². The van der Waals surface area contributed by atoms with Gasteiger partial charge in [0.05, 0.1) is 23.3 Å². The monoisotopic (exact) mass is 462 g/mol. The van der Waals surface area contributed by atoms with Crippen molar-refractivity contribution in [1.82, 2.24) is 24.4 Å². The van der Waals surface area contributed by atoms with E-state index in [1.165, 1.54) is 0 Å². The quantitative estimate of drug-likeness (QED) is 0.400. The number of amides is 1. The van der Waals surface area contributed by atoms with Crippen LogP contribution in [0.1, 0.15) is 21.7 Å². The number of fused-ring (bicyclic) bond motifs is 1. The molecule has 1 amide bonds. The van der Waals surface area contributed by atoms with Crippen molar-refractivity contribution in [3.8, 4) is 16.9 Å². The summed E-state index contributed by atoms with van der Waals surface area (Å²) in [6.45, 7) is 1.77. The molecule has 0 spiro atoms. The van der Waals surface area contributed by atoms with E-state index in [1.807, 2.05) is 30.3 Å².